The molecule has 0 unspecified atom stereocenters. The van der Waals surface area contributed by atoms with E-state index in [9.17, 15) is 4.79 Å². The van der Waals surface area contributed by atoms with Crippen LogP contribution in [-0.2, 0) is 6.61 Å². The van der Waals surface area contributed by atoms with Crippen molar-refractivity contribution in [2.45, 2.75) is 6.61 Å². The standard InChI is InChI=1S/C15H12N4O2S/c16-13(20)11-4-1-2-5-12(11)21-8-10-9-22-15(19-10)14-17-6-3-7-18-14/h1-7,9H,8H2,(H2,16,20). The maximum absolute atomic E-state index is 11.3. The van der Waals surface area contributed by atoms with Crippen LogP contribution < -0.4 is 10.5 Å². The van der Waals surface area contributed by atoms with E-state index in [2.05, 4.69) is 15.0 Å². The Morgan fingerprint density at radius 1 is 1.18 bits per heavy atom. The zero-order chi connectivity index (χ0) is 15.4. The first-order valence-corrected chi connectivity index (χ1v) is 7.35. The molecule has 2 heterocycles. The molecule has 0 radical (unpaired) electrons. The smallest absolute Gasteiger partial charge is 0.252 e. The fourth-order valence-corrected chi connectivity index (χ4v) is 2.58. The number of para-hydroxylation sites is 1. The zero-order valence-electron chi connectivity index (χ0n) is 11.5. The summed E-state index contributed by atoms with van der Waals surface area (Å²) in [6.45, 7) is 0.244. The van der Waals surface area contributed by atoms with Gasteiger partial charge in [0.05, 0.1) is 11.3 Å². The first-order chi connectivity index (χ1) is 10.7. The molecule has 3 rings (SSSR count). The molecule has 0 spiro atoms. The average Bonchev–Trinajstić information content (AvgIpc) is 3.03. The van der Waals surface area contributed by atoms with Crippen molar-refractivity contribution in [2.24, 2.45) is 5.73 Å². The molecule has 1 amide bonds. The number of amides is 1. The maximum Gasteiger partial charge on any atom is 0.252 e. The number of aromatic nitrogens is 3. The van der Waals surface area contributed by atoms with Gasteiger partial charge in [-0.15, -0.1) is 11.3 Å². The van der Waals surface area contributed by atoms with Gasteiger partial charge in [0.2, 0.25) is 0 Å². The van der Waals surface area contributed by atoms with Gasteiger partial charge in [-0.3, -0.25) is 4.79 Å². The number of primary amides is 1. The number of ether oxygens (including phenoxy) is 1. The van der Waals surface area contributed by atoms with Crippen molar-refractivity contribution >= 4 is 17.2 Å². The van der Waals surface area contributed by atoms with E-state index in [-0.39, 0.29) is 6.61 Å². The number of rotatable bonds is 5. The van der Waals surface area contributed by atoms with Crippen LogP contribution in [0.4, 0.5) is 0 Å². The summed E-state index contributed by atoms with van der Waals surface area (Å²) in [5.74, 6) is 0.504. The molecule has 0 saturated carbocycles. The molecule has 0 aliphatic heterocycles. The van der Waals surface area contributed by atoms with Gasteiger partial charge in [-0.05, 0) is 18.2 Å². The molecule has 7 heteroatoms. The molecule has 110 valence electrons. The highest BCUT2D eigenvalue weighted by atomic mass is 32.1. The molecule has 0 saturated heterocycles. The van der Waals surface area contributed by atoms with Crippen molar-refractivity contribution in [3.8, 4) is 16.6 Å². The summed E-state index contributed by atoms with van der Waals surface area (Å²) in [7, 11) is 0. The Morgan fingerprint density at radius 3 is 2.73 bits per heavy atom. The van der Waals surface area contributed by atoms with Crippen molar-refractivity contribution in [1.29, 1.82) is 0 Å². The van der Waals surface area contributed by atoms with Gasteiger partial charge in [-0.1, -0.05) is 12.1 Å². The molecule has 0 aliphatic rings. The summed E-state index contributed by atoms with van der Waals surface area (Å²) in [6, 6.07) is 8.60. The number of hydrogen-bond acceptors (Lipinski definition) is 6. The summed E-state index contributed by atoms with van der Waals surface area (Å²) < 4.78 is 5.64. The van der Waals surface area contributed by atoms with E-state index in [4.69, 9.17) is 10.5 Å². The fourth-order valence-electron chi connectivity index (χ4n) is 1.83. The van der Waals surface area contributed by atoms with Crippen LogP contribution in [-0.4, -0.2) is 20.9 Å². The van der Waals surface area contributed by atoms with Gasteiger partial charge in [0.25, 0.3) is 5.91 Å². The van der Waals surface area contributed by atoms with Crippen LogP contribution in [0.15, 0.2) is 48.1 Å². The molecule has 0 aliphatic carbocycles. The second-order valence-electron chi connectivity index (χ2n) is 4.37. The van der Waals surface area contributed by atoms with Crippen LogP contribution in [0.25, 0.3) is 10.8 Å². The fraction of sp³-hybridized carbons (Fsp3) is 0.0667. The predicted molar refractivity (Wildman–Crippen MR) is 82.4 cm³/mol. The number of benzene rings is 1. The summed E-state index contributed by atoms with van der Waals surface area (Å²) in [4.78, 5) is 24.1. The highest BCUT2D eigenvalue weighted by Gasteiger charge is 2.10. The minimum Gasteiger partial charge on any atom is -0.486 e. The zero-order valence-corrected chi connectivity index (χ0v) is 12.3. The molecule has 0 bridgehead atoms. The molecule has 0 fully saturated rings. The minimum atomic E-state index is -0.521. The quantitative estimate of drug-likeness (QED) is 0.780. The van der Waals surface area contributed by atoms with E-state index in [0.29, 0.717) is 17.1 Å². The Hall–Kier alpha value is -2.80. The predicted octanol–water partition coefficient (Wildman–Crippen LogP) is 2.28. The van der Waals surface area contributed by atoms with E-state index in [1.54, 1.807) is 42.7 Å². The second kappa shape index (κ2) is 6.31. The first-order valence-electron chi connectivity index (χ1n) is 6.47. The average molecular weight is 312 g/mol. The number of hydrogen-bond donors (Lipinski definition) is 1. The molecular weight excluding hydrogens is 300 g/mol. The summed E-state index contributed by atoms with van der Waals surface area (Å²) in [5, 5.41) is 2.60. The van der Waals surface area contributed by atoms with Gasteiger partial charge >= 0.3 is 0 Å². The third-order valence-electron chi connectivity index (χ3n) is 2.84. The van der Waals surface area contributed by atoms with Crippen molar-refractivity contribution in [2.75, 3.05) is 0 Å². The van der Waals surface area contributed by atoms with Crippen LogP contribution in [0.1, 0.15) is 16.1 Å². The number of carbonyl (C=O) groups is 1. The van der Waals surface area contributed by atoms with Crippen LogP contribution in [0, 0.1) is 0 Å². The van der Waals surface area contributed by atoms with Gasteiger partial charge in [0.15, 0.2) is 10.8 Å². The highest BCUT2D eigenvalue weighted by molar-refractivity contribution is 7.13. The van der Waals surface area contributed by atoms with E-state index in [1.165, 1.54) is 11.3 Å². The summed E-state index contributed by atoms with van der Waals surface area (Å²) in [6.07, 6.45) is 3.34. The highest BCUT2D eigenvalue weighted by Crippen LogP contribution is 2.22. The van der Waals surface area contributed by atoms with Crippen LogP contribution in [0.3, 0.4) is 0 Å². The van der Waals surface area contributed by atoms with Crippen LogP contribution in [0.5, 0.6) is 5.75 Å². The Morgan fingerprint density at radius 2 is 1.95 bits per heavy atom. The van der Waals surface area contributed by atoms with E-state index in [0.717, 1.165) is 10.7 Å². The van der Waals surface area contributed by atoms with Gasteiger partial charge in [-0.2, -0.15) is 0 Å². The number of nitrogens with two attached hydrogens (primary N) is 1. The third-order valence-corrected chi connectivity index (χ3v) is 3.72. The molecule has 22 heavy (non-hydrogen) atoms. The topological polar surface area (TPSA) is 91.0 Å². The molecule has 1 aromatic carbocycles. The lowest BCUT2D eigenvalue weighted by molar-refractivity contribution is 0.0996. The lowest BCUT2D eigenvalue weighted by Gasteiger charge is -2.07. The van der Waals surface area contributed by atoms with Gasteiger partial charge in [-0.25, -0.2) is 15.0 Å². The maximum atomic E-state index is 11.3. The number of nitrogens with zero attached hydrogens (tertiary/aromatic N) is 3. The van der Waals surface area contributed by atoms with Crippen molar-refractivity contribution in [1.82, 2.24) is 15.0 Å². The van der Waals surface area contributed by atoms with Gasteiger partial charge in [0, 0.05) is 17.8 Å². The lowest BCUT2D eigenvalue weighted by Crippen LogP contribution is -2.12. The van der Waals surface area contributed by atoms with E-state index < -0.39 is 5.91 Å². The van der Waals surface area contributed by atoms with E-state index >= 15 is 0 Å². The third kappa shape index (κ3) is 3.09. The SMILES string of the molecule is NC(=O)c1ccccc1OCc1csc(-c2ncccn2)n1. The Kier molecular flexibility index (Phi) is 4.06. The number of carbonyl (C=O) groups excluding carboxylic acids is 1. The molecule has 2 aromatic heterocycles. The second-order valence-corrected chi connectivity index (χ2v) is 5.22. The Balaban J connectivity index is 1.73. The van der Waals surface area contributed by atoms with Crippen molar-refractivity contribution < 1.29 is 9.53 Å². The normalized spacial score (nSPS) is 10.4. The summed E-state index contributed by atoms with van der Waals surface area (Å²) in [5.41, 5.74) is 6.41. The number of thiazole rings is 1. The molecule has 2 N–H and O–H groups in total. The van der Waals surface area contributed by atoms with Gasteiger partial charge in [0.1, 0.15) is 12.4 Å². The van der Waals surface area contributed by atoms with Crippen LogP contribution >= 0.6 is 11.3 Å². The van der Waals surface area contributed by atoms with Gasteiger partial charge < -0.3 is 10.5 Å². The van der Waals surface area contributed by atoms with Crippen molar-refractivity contribution in [3.63, 3.8) is 0 Å². The Labute approximate surface area is 130 Å². The van der Waals surface area contributed by atoms with E-state index in [1.807, 2.05) is 5.38 Å². The van der Waals surface area contributed by atoms with Crippen molar-refractivity contribution in [3.05, 3.63) is 59.4 Å². The minimum absolute atomic E-state index is 0.244. The molecule has 6 nitrogen and oxygen atoms in total. The first kappa shape index (κ1) is 14.2. The monoisotopic (exact) mass is 312 g/mol. The largest absolute Gasteiger partial charge is 0.486 e. The summed E-state index contributed by atoms with van der Waals surface area (Å²) >= 11 is 1.44. The molecule has 3 aromatic rings. The molecule has 0 atom stereocenters. The van der Waals surface area contributed by atoms with Crippen LogP contribution in [0.2, 0.25) is 0 Å². The molecular formula is C15H12N4O2S. The Bertz CT molecular complexity index is 789. The lowest BCUT2D eigenvalue weighted by atomic mass is 10.2.